The van der Waals surface area contributed by atoms with Gasteiger partial charge in [0.25, 0.3) is 10.2 Å². The molecule has 2 aliphatic rings. The number of carbonyl (C=O) groups excluding carboxylic acids is 1. The minimum absolute atomic E-state index is 0.0138. The summed E-state index contributed by atoms with van der Waals surface area (Å²) in [5, 5.41) is 9.60. The number of aliphatic hydroxyl groups is 1. The highest BCUT2D eigenvalue weighted by molar-refractivity contribution is 7.87. The van der Waals surface area contributed by atoms with Gasteiger partial charge < -0.3 is 14.6 Å². The van der Waals surface area contributed by atoms with Crippen molar-refractivity contribution in [1.82, 2.24) is 13.9 Å². The van der Waals surface area contributed by atoms with Crippen LogP contribution in [0.5, 0.6) is 0 Å². The van der Waals surface area contributed by atoms with Crippen molar-refractivity contribution in [2.75, 3.05) is 27.8 Å². The first-order chi connectivity index (χ1) is 12.2. The molecule has 1 aliphatic heterocycles. The van der Waals surface area contributed by atoms with Crippen molar-refractivity contribution in [2.24, 2.45) is 0 Å². The van der Waals surface area contributed by atoms with E-state index in [0.29, 0.717) is 19.3 Å². The standard InChI is InChI=1S/C16H31N3O6S/c1-11-9-14(17-26(22,23)18(2)3)15(19(11)16(21)24-4)10-25-13-7-5-12(20)6-8-13/h11-15,17,20H,5-10H2,1-4H3/t11-,12?,13?,14+,15+/m1/s1. The molecule has 0 unspecified atom stereocenters. The van der Waals surface area contributed by atoms with Crippen LogP contribution < -0.4 is 4.72 Å². The van der Waals surface area contributed by atoms with Gasteiger partial charge in [-0.2, -0.15) is 17.4 Å². The van der Waals surface area contributed by atoms with Crippen molar-refractivity contribution in [1.29, 1.82) is 0 Å². The molecular weight excluding hydrogens is 362 g/mol. The quantitative estimate of drug-likeness (QED) is 0.672. The lowest BCUT2D eigenvalue weighted by Gasteiger charge is -2.32. The molecular formula is C16H31N3O6S. The minimum Gasteiger partial charge on any atom is -0.453 e. The third-order valence-corrected chi connectivity index (χ3v) is 6.77. The highest BCUT2D eigenvalue weighted by atomic mass is 32.2. The molecule has 0 aromatic rings. The van der Waals surface area contributed by atoms with Crippen molar-refractivity contribution < 1.29 is 27.8 Å². The lowest BCUT2D eigenvalue weighted by molar-refractivity contribution is -0.0258. The number of nitrogens with zero attached hydrogens (tertiary/aromatic N) is 2. The maximum Gasteiger partial charge on any atom is 0.410 e. The first kappa shape index (κ1) is 21.4. The zero-order valence-electron chi connectivity index (χ0n) is 15.9. The molecule has 0 radical (unpaired) electrons. The van der Waals surface area contributed by atoms with E-state index in [0.717, 1.165) is 17.1 Å². The van der Waals surface area contributed by atoms with Gasteiger partial charge in [-0.05, 0) is 39.0 Å². The first-order valence-electron chi connectivity index (χ1n) is 9.01. The van der Waals surface area contributed by atoms with Gasteiger partial charge in [0.05, 0.1) is 32.0 Å². The van der Waals surface area contributed by atoms with Gasteiger partial charge in [-0.1, -0.05) is 0 Å². The molecule has 152 valence electrons. The van der Waals surface area contributed by atoms with E-state index >= 15 is 0 Å². The van der Waals surface area contributed by atoms with Crippen LogP contribution in [-0.2, 0) is 19.7 Å². The SMILES string of the molecule is COC(=O)N1[C@H](C)C[C@H](NS(=O)(=O)N(C)C)[C@@H]1COC1CCC(O)CC1. The summed E-state index contributed by atoms with van der Waals surface area (Å²) >= 11 is 0. The molecule has 0 bridgehead atoms. The third-order valence-electron chi connectivity index (χ3n) is 5.20. The Hall–Kier alpha value is -0.940. The van der Waals surface area contributed by atoms with E-state index in [4.69, 9.17) is 9.47 Å². The van der Waals surface area contributed by atoms with Crippen LogP contribution in [0.15, 0.2) is 0 Å². The number of methoxy groups -OCH3 is 1. The second-order valence-electron chi connectivity index (χ2n) is 7.31. The van der Waals surface area contributed by atoms with E-state index in [2.05, 4.69) is 4.72 Å². The molecule has 26 heavy (non-hydrogen) atoms. The van der Waals surface area contributed by atoms with Gasteiger partial charge in [0.1, 0.15) is 0 Å². The Balaban J connectivity index is 2.09. The van der Waals surface area contributed by atoms with Crippen LogP contribution in [0.3, 0.4) is 0 Å². The van der Waals surface area contributed by atoms with Crippen LogP contribution in [-0.4, -0.2) is 87.0 Å². The molecule has 0 aromatic carbocycles. The summed E-state index contributed by atoms with van der Waals surface area (Å²) in [5.74, 6) is 0. The lowest BCUT2D eigenvalue weighted by Crippen LogP contribution is -2.52. The second-order valence-corrected chi connectivity index (χ2v) is 9.22. The Bertz CT molecular complexity index is 577. The fourth-order valence-corrected chi connectivity index (χ4v) is 4.49. The van der Waals surface area contributed by atoms with Crippen molar-refractivity contribution in [3.63, 3.8) is 0 Å². The smallest absolute Gasteiger partial charge is 0.410 e. The van der Waals surface area contributed by atoms with Crippen molar-refractivity contribution in [2.45, 2.75) is 69.4 Å². The number of carbonyl (C=O) groups is 1. The summed E-state index contributed by atoms with van der Waals surface area (Å²) in [6.07, 6.45) is 2.65. The Morgan fingerprint density at radius 3 is 2.42 bits per heavy atom. The van der Waals surface area contributed by atoms with Gasteiger partial charge in [0.2, 0.25) is 0 Å². The molecule has 1 amide bonds. The fraction of sp³-hybridized carbons (Fsp3) is 0.938. The summed E-state index contributed by atoms with van der Waals surface area (Å²) in [5.41, 5.74) is 0. The molecule has 1 saturated heterocycles. The van der Waals surface area contributed by atoms with Gasteiger partial charge in [0.15, 0.2) is 0 Å². The topological polar surface area (TPSA) is 108 Å². The summed E-state index contributed by atoms with van der Waals surface area (Å²) < 4.78 is 39.1. The summed E-state index contributed by atoms with van der Waals surface area (Å²) in [4.78, 5) is 13.8. The van der Waals surface area contributed by atoms with Gasteiger partial charge >= 0.3 is 6.09 Å². The predicted octanol–water partition coefficient (Wildman–Crippen LogP) is 0.300. The number of amides is 1. The number of likely N-dealkylation sites (tertiary alicyclic amines) is 1. The summed E-state index contributed by atoms with van der Waals surface area (Å²) in [6, 6.07) is -1.07. The van der Waals surface area contributed by atoms with Crippen molar-refractivity contribution >= 4 is 16.3 Å². The van der Waals surface area contributed by atoms with Gasteiger partial charge in [-0.15, -0.1) is 0 Å². The number of hydrogen-bond acceptors (Lipinski definition) is 6. The highest BCUT2D eigenvalue weighted by Crippen LogP contribution is 2.28. The minimum atomic E-state index is -3.63. The van der Waals surface area contributed by atoms with Crippen LogP contribution in [0.1, 0.15) is 39.0 Å². The van der Waals surface area contributed by atoms with E-state index < -0.39 is 28.4 Å². The van der Waals surface area contributed by atoms with Gasteiger partial charge in [0, 0.05) is 26.2 Å². The van der Waals surface area contributed by atoms with E-state index in [9.17, 15) is 18.3 Å². The lowest BCUT2D eigenvalue weighted by atomic mass is 9.95. The zero-order chi connectivity index (χ0) is 19.5. The average Bonchev–Trinajstić information content (AvgIpc) is 2.88. The molecule has 0 spiro atoms. The van der Waals surface area contributed by atoms with Crippen LogP contribution in [0.25, 0.3) is 0 Å². The molecule has 3 atom stereocenters. The second kappa shape index (κ2) is 8.83. The largest absolute Gasteiger partial charge is 0.453 e. The number of ether oxygens (including phenoxy) is 2. The molecule has 2 N–H and O–H groups in total. The van der Waals surface area contributed by atoms with Crippen molar-refractivity contribution in [3.8, 4) is 0 Å². The summed E-state index contributed by atoms with van der Waals surface area (Å²) in [6.45, 7) is 2.09. The van der Waals surface area contributed by atoms with Gasteiger partial charge in [-0.3, -0.25) is 4.90 Å². The Morgan fingerprint density at radius 1 is 1.27 bits per heavy atom. The molecule has 2 rings (SSSR count). The Morgan fingerprint density at radius 2 is 1.88 bits per heavy atom. The van der Waals surface area contributed by atoms with Crippen LogP contribution in [0, 0.1) is 0 Å². The molecule has 2 fully saturated rings. The zero-order valence-corrected chi connectivity index (χ0v) is 16.7. The van der Waals surface area contributed by atoms with E-state index in [1.165, 1.54) is 21.2 Å². The average molecular weight is 394 g/mol. The third kappa shape index (κ3) is 5.07. The number of aliphatic hydroxyl groups excluding tert-OH is 1. The predicted molar refractivity (Wildman–Crippen MR) is 95.9 cm³/mol. The molecule has 1 saturated carbocycles. The molecule has 9 nitrogen and oxygen atoms in total. The fourth-order valence-electron chi connectivity index (χ4n) is 3.65. The van der Waals surface area contributed by atoms with Crippen LogP contribution in [0.2, 0.25) is 0 Å². The Labute approximate surface area is 155 Å². The van der Waals surface area contributed by atoms with E-state index in [-0.39, 0.29) is 24.9 Å². The van der Waals surface area contributed by atoms with E-state index in [1.807, 2.05) is 6.92 Å². The highest BCUT2D eigenvalue weighted by Gasteiger charge is 2.44. The maximum absolute atomic E-state index is 12.2. The van der Waals surface area contributed by atoms with Gasteiger partial charge in [-0.25, -0.2) is 4.79 Å². The normalized spacial score (nSPS) is 32.8. The molecule has 1 aliphatic carbocycles. The maximum atomic E-state index is 12.2. The monoisotopic (exact) mass is 393 g/mol. The Kier molecular flexibility index (Phi) is 7.26. The van der Waals surface area contributed by atoms with Crippen molar-refractivity contribution in [3.05, 3.63) is 0 Å². The van der Waals surface area contributed by atoms with Crippen LogP contribution in [0.4, 0.5) is 4.79 Å². The number of nitrogens with one attached hydrogen (secondary N) is 1. The first-order valence-corrected chi connectivity index (χ1v) is 10.5. The van der Waals surface area contributed by atoms with Crippen LogP contribution >= 0.6 is 0 Å². The molecule has 10 heteroatoms. The number of hydrogen-bond donors (Lipinski definition) is 2. The molecule has 0 aromatic heterocycles. The summed E-state index contributed by atoms with van der Waals surface area (Å²) in [7, 11) is 0.596. The number of rotatable bonds is 6. The van der Waals surface area contributed by atoms with E-state index in [1.54, 1.807) is 4.90 Å². The molecule has 1 heterocycles.